The number of carbonyl (C=O) groups excluding carboxylic acids is 2. The monoisotopic (exact) mass is 447 g/mol. The number of amides is 1. The molecule has 0 spiro atoms. The molecule has 0 saturated carbocycles. The number of benzene rings is 2. The predicted octanol–water partition coefficient (Wildman–Crippen LogP) is 4.72. The second kappa shape index (κ2) is 9.39. The van der Waals surface area contributed by atoms with Crippen molar-refractivity contribution in [3.63, 3.8) is 0 Å². The minimum absolute atomic E-state index is 0.110. The third kappa shape index (κ3) is 4.10. The Labute approximate surface area is 184 Å². The lowest BCUT2D eigenvalue weighted by Gasteiger charge is -2.25. The van der Waals surface area contributed by atoms with E-state index in [4.69, 9.17) is 21.1 Å². The highest BCUT2D eigenvalue weighted by atomic mass is 35.5. The fourth-order valence-electron chi connectivity index (χ4n) is 3.65. The molecule has 164 valence electrons. The van der Waals surface area contributed by atoms with Gasteiger partial charge in [0.05, 0.1) is 36.4 Å². The van der Waals surface area contributed by atoms with Crippen molar-refractivity contribution < 1.29 is 28.6 Å². The van der Waals surface area contributed by atoms with Crippen molar-refractivity contribution in [2.45, 2.75) is 25.8 Å². The number of aliphatic hydroxyl groups is 1. The van der Waals surface area contributed by atoms with Crippen LogP contribution in [0, 0.1) is 5.82 Å². The summed E-state index contributed by atoms with van der Waals surface area (Å²) in [7, 11) is 2.78. The summed E-state index contributed by atoms with van der Waals surface area (Å²) >= 11 is 6.14. The van der Waals surface area contributed by atoms with Gasteiger partial charge in [-0.25, -0.2) is 4.39 Å². The number of hydrogen-bond acceptors (Lipinski definition) is 5. The molecule has 2 aromatic rings. The topological polar surface area (TPSA) is 76.1 Å². The van der Waals surface area contributed by atoms with Crippen LogP contribution in [0.15, 0.2) is 42.0 Å². The number of hydrogen-bond donors (Lipinski definition) is 1. The number of ketones is 1. The molecular formula is C23H23ClFNO5. The van der Waals surface area contributed by atoms with Crippen LogP contribution in [-0.2, 0) is 9.59 Å². The molecular weight excluding hydrogens is 425 g/mol. The molecule has 2 aromatic carbocycles. The number of unbranched alkanes of at least 4 members (excludes halogenated alkanes) is 1. The Balaban J connectivity index is 2.28. The summed E-state index contributed by atoms with van der Waals surface area (Å²) < 4.78 is 25.2. The Morgan fingerprint density at radius 3 is 2.45 bits per heavy atom. The molecule has 3 rings (SSSR count). The van der Waals surface area contributed by atoms with E-state index in [1.165, 1.54) is 49.5 Å². The molecule has 1 aliphatic rings. The SMILES string of the molecule is CCCCN1C(=O)C(=O)/C(=C(/O)c2cc(OC)c(Cl)cc2OC)C1c1ccccc1F. The zero-order chi connectivity index (χ0) is 22.7. The van der Waals surface area contributed by atoms with Crippen LogP contribution in [0.1, 0.15) is 36.9 Å². The van der Waals surface area contributed by atoms with E-state index in [1.54, 1.807) is 6.07 Å². The zero-order valence-electron chi connectivity index (χ0n) is 17.4. The van der Waals surface area contributed by atoms with E-state index in [1.807, 2.05) is 6.92 Å². The number of rotatable bonds is 7. The van der Waals surface area contributed by atoms with E-state index >= 15 is 0 Å². The standard InChI is InChI=1S/C23H23ClFNO5/c1-4-5-10-26-20(13-8-6-7-9-16(13)25)19(22(28)23(26)29)21(27)14-11-18(31-3)15(24)12-17(14)30-2/h6-9,11-12,20,27H,4-5,10H2,1-3H3/b21-19+. The van der Waals surface area contributed by atoms with Gasteiger partial charge in [0.1, 0.15) is 23.1 Å². The van der Waals surface area contributed by atoms with E-state index in [9.17, 15) is 19.1 Å². The van der Waals surface area contributed by atoms with Crippen LogP contribution < -0.4 is 9.47 Å². The largest absolute Gasteiger partial charge is 0.507 e. The van der Waals surface area contributed by atoms with Crippen molar-refractivity contribution in [1.82, 2.24) is 4.90 Å². The molecule has 0 aliphatic carbocycles. The summed E-state index contributed by atoms with van der Waals surface area (Å²) in [6.45, 7) is 2.19. The van der Waals surface area contributed by atoms with Gasteiger partial charge in [0.25, 0.3) is 11.7 Å². The molecule has 1 aliphatic heterocycles. The zero-order valence-corrected chi connectivity index (χ0v) is 18.2. The van der Waals surface area contributed by atoms with Crippen LogP contribution in [0.4, 0.5) is 4.39 Å². The number of ether oxygens (including phenoxy) is 2. The number of Topliss-reactive ketones (excluding diaryl/α,β-unsaturated/α-hetero) is 1. The third-order valence-corrected chi connectivity index (χ3v) is 5.52. The number of nitrogens with zero attached hydrogens (tertiary/aromatic N) is 1. The van der Waals surface area contributed by atoms with Crippen LogP contribution >= 0.6 is 11.6 Å². The van der Waals surface area contributed by atoms with E-state index in [-0.39, 0.29) is 39.8 Å². The van der Waals surface area contributed by atoms with E-state index in [2.05, 4.69) is 0 Å². The second-order valence-corrected chi connectivity index (χ2v) is 7.46. The van der Waals surface area contributed by atoms with E-state index < -0.39 is 29.3 Å². The first-order valence-electron chi connectivity index (χ1n) is 9.80. The molecule has 0 radical (unpaired) electrons. The Hall–Kier alpha value is -3.06. The van der Waals surface area contributed by atoms with Crippen molar-refractivity contribution in [2.75, 3.05) is 20.8 Å². The van der Waals surface area contributed by atoms with Crippen LogP contribution in [0.5, 0.6) is 11.5 Å². The van der Waals surface area contributed by atoms with Crippen molar-refractivity contribution in [1.29, 1.82) is 0 Å². The van der Waals surface area contributed by atoms with Gasteiger partial charge in [-0.1, -0.05) is 43.1 Å². The molecule has 8 heteroatoms. The lowest BCUT2D eigenvalue weighted by molar-refractivity contribution is -0.139. The maximum absolute atomic E-state index is 14.7. The van der Waals surface area contributed by atoms with Gasteiger partial charge in [-0.3, -0.25) is 9.59 Å². The summed E-state index contributed by atoms with van der Waals surface area (Å²) in [6.07, 6.45) is 1.39. The summed E-state index contributed by atoms with van der Waals surface area (Å²) in [4.78, 5) is 27.1. The van der Waals surface area contributed by atoms with Gasteiger partial charge in [-0.2, -0.15) is 0 Å². The third-order valence-electron chi connectivity index (χ3n) is 5.22. The van der Waals surface area contributed by atoms with Gasteiger partial charge in [0, 0.05) is 18.2 Å². The molecule has 1 heterocycles. The van der Waals surface area contributed by atoms with Gasteiger partial charge in [-0.05, 0) is 18.6 Å². The Morgan fingerprint density at radius 2 is 1.84 bits per heavy atom. The van der Waals surface area contributed by atoms with E-state index in [0.29, 0.717) is 6.42 Å². The number of aliphatic hydroxyl groups excluding tert-OH is 1. The van der Waals surface area contributed by atoms with Crippen LogP contribution in [0.3, 0.4) is 0 Å². The van der Waals surface area contributed by atoms with Crippen molar-refractivity contribution in [3.05, 3.63) is 63.9 Å². The highest BCUT2D eigenvalue weighted by Crippen LogP contribution is 2.43. The van der Waals surface area contributed by atoms with E-state index in [0.717, 1.165) is 6.42 Å². The fraction of sp³-hybridized carbons (Fsp3) is 0.304. The highest BCUT2D eigenvalue weighted by molar-refractivity contribution is 6.46. The van der Waals surface area contributed by atoms with Crippen molar-refractivity contribution in [2.24, 2.45) is 0 Å². The maximum atomic E-state index is 14.7. The molecule has 1 fully saturated rings. The molecule has 6 nitrogen and oxygen atoms in total. The smallest absolute Gasteiger partial charge is 0.295 e. The van der Waals surface area contributed by atoms with Gasteiger partial charge in [-0.15, -0.1) is 0 Å². The van der Waals surface area contributed by atoms with Gasteiger partial charge in [0.2, 0.25) is 0 Å². The Kier molecular flexibility index (Phi) is 6.85. The molecule has 1 atom stereocenters. The number of halogens is 2. The minimum Gasteiger partial charge on any atom is -0.507 e. The number of likely N-dealkylation sites (tertiary alicyclic amines) is 1. The number of carbonyl (C=O) groups is 2. The molecule has 1 unspecified atom stereocenters. The second-order valence-electron chi connectivity index (χ2n) is 7.05. The van der Waals surface area contributed by atoms with Gasteiger partial charge in [0.15, 0.2) is 0 Å². The van der Waals surface area contributed by atoms with Crippen LogP contribution in [0.2, 0.25) is 5.02 Å². The molecule has 1 amide bonds. The first-order valence-corrected chi connectivity index (χ1v) is 10.2. The summed E-state index contributed by atoms with van der Waals surface area (Å²) in [6, 6.07) is 7.65. The van der Waals surface area contributed by atoms with Crippen LogP contribution in [0.25, 0.3) is 5.76 Å². The van der Waals surface area contributed by atoms with Crippen molar-refractivity contribution in [3.8, 4) is 11.5 Å². The first kappa shape index (κ1) is 22.6. The summed E-state index contributed by atoms with van der Waals surface area (Å²) in [5.74, 6) is -2.33. The molecule has 31 heavy (non-hydrogen) atoms. The highest BCUT2D eigenvalue weighted by Gasteiger charge is 2.46. The average molecular weight is 448 g/mol. The molecule has 1 saturated heterocycles. The van der Waals surface area contributed by atoms with Gasteiger partial charge >= 0.3 is 0 Å². The van der Waals surface area contributed by atoms with Crippen LogP contribution in [-0.4, -0.2) is 42.5 Å². The molecule has 0 aromatic heterocycles. The first-order chi connectivity index (χ1) is 14.8. The predicted molar refractivity (Wildman–Crippen MR) is 115 cm³/mol. The lowest BCUT2D eigenvalue weighted by Crippen LogP contribution is -2.31. The number of methoxy groups -OCH3 is 2. The molecule has 1 N–H and O–H groups in total. The lowest BCUT2D eigenvalue weighted by atomic mass is 9.94. The Morgan fingerprint density at radius 1 is 1.16 bits per heavy atom. The summed E-state index contributed by atoms with van der Waals surface area (Å²) in [5.41, 5.74) is 0.0201. The van der Waals surface area contributed by atoms with Crippen molar-refractivity contribution >= 4 is 29.1 Å². The minimum atomic E-state index is -1.07. The molecule has 0 bridgehead atoms. The fourth-order valence-corrected chi connectivity index (χ4v) is 3.88. The quantitative estimate of drug-likeness (QED) is 0.377. The average Bonchev–Trinajstić information content (AvgIpc) is 3.01. The normalized spacial score (nSPS) is 17.8. The van der Waals surface area contributed by atoms with Gasteiger partial charge < -0.3 is 19.5 Å². The maximum Gasteiger partial charge on any atom is 0.295 e. The Bertz CT molecular complexity index is 1050. The summed E-state index contributed by atoms with van der Waals surface area (Å²) in [5, 5.41) is 11.4.